The van der Waals surface area contributed by atoms with Crippen LogP contribution in [0.25, 0.3) is 0 Å². The van der Waals surface area contributed by atoms with E-state index in [1.807, 2.05) is 45.4 Å². The van der Waals surface area contributed by atoms with Gasteiger partial charge in [-0.05, 0) is 73.0 Å². The molecule has 0 aliphatic carbocycles. The topological polar surface area (TPSA) is 43.9 Å². The molecule has 2 aromatic carbocycles. The quantitative estimate of drug-likeness (QED) is 0.417. The average Bonchev–Trinajstić information content (AvgIpc) is 3.23. The number of halogens is 1. The van der Waals surface area contributed by atoms with Gasteiger partial charge >= 0.3 is 0 Å². The molecule has 36 heavy (non-hydrogen) atoms. The van der Waals surface area contributed by atoms with Crippen molar-refractivity contribution in [3.63, 3.8) is 0 Å². The smallest absolute Gasteiger partial charge is 0.253 e. The van der Waals surface area contributed by atoms with Crippen LogP contribution < -0.4 is 0 Å². The van der Waals surface area contributed by atoms with Gasteiger partial charge in [0.1, 0.15) is 0 Å². The fourth-order valence-electron chi connectivity index (χ4n) is 5.54. The van der Waals surface area contributed by atoms with Gasteiger partial charge in [0.15, 0.2) is 0 Å². The first-order valence-corrected chi connectivity index (χ1v) is 14.3. The number of carbonyl (C=O) groups is 2. The van der Waals surface area contributed by atoms with Crippen LogP contribution in [0.4, 0.5) is 0 Å². The highest BCUT2D eigenvalue weighted by Gasteiger charge is 2.37. The molecule has 0 saturated carbocycles. The summed E-state index contributed by atoms with van der Waals surface area (Å²) in [4.78, 5) is 34.6. The molecule has 0 spiro atoms. The Labute approximate surface area is 225 Å². The standard InChI is InChI=1S/C29H32BrN3O2S/c1-20-7-3-4-10-24(20)27-25-12-18-36-26(25)11-15-33(27)21(2)28(34)31-13-6-14-32(17-16-31)29(35)22-8-5-9-23(30)19-22/h3-5,7-10,12,18-19,21,27H,6,11,13-17H2,1-2H3/t21-,27+/m0/s1. The zero-order chi connectivity index (χ0) is 25.2. The normalized spacial score (nSPS) is 19.5. The van der Waals surface area contributed by atoms with Crippen molar-refractivity contribution in [3.8, 4) is 0 Å². The van der Waals surface area contributed by atoms with Gasteiger partial charge < -0.3 is 9.80 Å². The second-order valence-electron chi connectivity index (χ2n) is 9.70. The summed E-state index contributed by atoms with van der Waals surface area (Å²) in [7, 11) is 0. The van der Waals surface area contributed by atoms with Gasteiger partial charge in [-0.3, -0.25) is 14.5 Å². The van der Waals surface area contributed by atoms with Gasteiger partial charge in [-0.25, -0.2) is 0 Å². The summed E-state index contributed by atoms with van der Waals surface area (Å²) in [6, 6.07) is 18.1. The van der Waals surface area contributed by atoms with Crippen LogP contribution in [0.3, 0.4) is 0 Å². The Morgan fingerprint density at radius 1 is 0.944 bits per heavy atom. The lowest BCUT2D eigenvalue weighted by molar-refractivity contribution is -0.137. The number of hydrogen-bond donors (Lipinski definition) is 0. The monoisotopic (exact) mass is 565 g/mol. The first-order valence-electron chi connectivity index (χ1n) is 12.6. The van der Waals surface area contributed by atoms with E-state index in [-0.39, 0.29) is 23.9 Å². The van der Waals surface area contributed by atoms with Gasteiger partial charge in [0.2, 0.25) is 5.91 Å². The molecule has 188 valence electrons. The lowest BCUT2D eigenvalue weighted by Gasteiger charge is -2.41. The summed E-state index contributed by atoms with van der Waals surface area (Å²) in [5.74, 6) is 0.184. The zero-order valence-electron chi connectivity index (χ0n) is 20.8. The predicted octanol–water partition coefficient (Wildman–Crippen LogP) is 5.53. The number of nitrogens with zero attached hydrogens (tertiary/aromatic N) is 3. The van der Waals surface area contributed by atoms with E-state index < -0.39 is 0 Å². The maximum atomic E-state index is 13.8. The van der Waals surface area contributed by atoms with Crippen LogP contribution in [0.15, 0.2) is 64.5 Å². The van der Waals surface area contributed by atoms with Crippen molar-refractivity contribution in [1.29, 1.82) is 0 Å². The summed E-state index contributed by atoms with van der Waals surface area (Å²) in [6.07, 6.45) is 1.76. The van der Waals surface area contributed by atoms with Gasteiger partial charge in [0.25, 0.3) is 5.91 Å². The van der Waals surface area contributed by atoms with Gasteiger partial charge in [0, 0.05) is 47.6 Å². The Balaban J connectivity index is 1.32. The molecule has 0 unspecified atom stereocenters. The van der Waals surface area contributed by atoms with Gasteiger partial charge in [-0.2, -0.15) is 0 Å². The van der Waals surface area contributed by atoms with E-state index in [9.17, 15) is 9.59 Å². The van der Waals surface area contributed by atoms with Crippen molar-refractivity contribution in [2.45, 2.75) is 38.8 Å². The Morgan fingerprint density at radius 3 is 2.53 bits per heavy atom. The van der Waals surface area contributed by atoms with Crippen molar-refractivity contribution >= 4 is 39.1 Å². The fourth-order valence-corrected chi connectivity index (χ4v) is 6.85. The maximum absolute atomic E-state index is 13.8. The van der Waals surface area contributed by atoms with Crippen LogP contribution in [-0.4, -0.2) is 65.3 Å². The number of thiophene rings is 1. The summed E-state index contributed by atoms with van der Waals surface area (Å²) in [5, 5.41) is 2.18. The number of rotatable bonds is 4. The molecule has 2 amide bonds. The highest BCUT2D eigenvalue weighted by molar-refractivity contribution is 9.10. The van der Waals surface area contributed by atoms with E-state index in [1.54, 1.807) is 0 Å². The summed E-state index contributed by atoms with van der Waals surface area (Å²) < 4.78 is 0.896. The molecule has 2 aliphatic heterocycles. The molecule has 2 atom stereocenters. The minimum absolute atomic E-state index is 0.0271. The number of aryl methyl sites for hydroxylation is 1. The number of fused-ring (bicyclic) bond motifs is 1. The third-order valence-electron chi connectivity index (χ3n) is 7.51. The molecule has 1 aromatic heterocycles. The van der Waals surface area contributed by atoms with Crippen molar-refractivity contribution in [2.75, 3.05) is 32.7 Å². The lowest BCUT2D eigenvalue weighted by atomic mass is 9.89. The molecule has 3 aromatic rings. The van der Waals surface area contributed by atoms with E-state index in [4.69, 9.17) is 0 Å². The molecular weight excluding hydrogens is 534 g/mol. The number of hydrogen-bond acceptors (Lipinski definition) is 4. The second kappa shape index (κ2) is 10.9. The van der Waals surface area contributed by atoms with E-state index in [0.29, 0.717) is 31.7 Å². The van der Waals surface area contributed by atoms with Crippen LogP contribution in [0.2, 0.25) is 0 Å². The fraction of sp³-hybridized carbons (Fsp3) is 0.379. The molecule has 0 N–H and O–H groups in total. The number of benzene rings is 2. The van der Waals surface area contributed by atoms with E-state index >= 15 is 0 Å². The van der Waals surface area contributed by atoms with E-state index in [1.165, 1.54) is 21.6 Å². The Hall–Kier alpha value is -2.48. The third-order valence-corrected chi connectivity index (χ3v) is 9.00. The first-order chi connectivity index (χ1) is 17.4. The SMILES string of the molecule is Cc1ccccc1[C@@H]1c2ccsc2CCN1[C@@H](C)C(=O)N1CCCN(C(=O)c2cccc(Br)c2)CC1. The molecule has 7 heteroatoms. The van der Waals surface area contributed by atoms with Crippen LogP contribution in [0.1, 0.15) is 51.3 Å². The minimum Gasteiger partial charge on any atom is -0.340 e. The largest absolute Gasteiger partial charge is 0.340 e. The van der Waals surface area contributed by atoms with Crippen molar-refractivity contribution in [1.82, 2.24) is 14.7 Å². The summed E-state index contributed by atoms with van der Waals surface area (Å²) in [5.41, 5.74) is 4.54. The van der Waals surface area contributed by atoms with Crippen LogP contribution >= 0.6 is 27.3 Å². The minimum atomic E-state index is -0.241. The van der Waals surface area contributed by atoms with Crippen LogP contribution in [0, 0.1) is 6.92 Å². The Kier molecular flexibility index (Phi) is 7.60. The molecule has 1 fully saturated rings. The Bertz CT molecular complexity index is 1260. The van der Waals surface area contributed by atoms with Gasteiger partial charge in [-0.15, -0.1) is 11.3 Å². The second-order valence-corrected chi connectivity index (χ2v) is 11.6. The molecule has 3 heterocycles. The predicted molar refractivity (Wildman–Crippen MR) is 148 cm³/mol. The Morgan fingerprint density at radius 2 is 1.72 bits per heavy atom. The molecular formula is C29H32BrN3O2S. The number of amides is 2. The average molecular weight is 567 g/mol. The summed E-state index contributed by atoms with van der Waals surface area (Å²) in [6.45, 7) is 7.54. The zero-order valence-corrected chi connectivity index (χ0v) is 23.2. The van der Waals surface area contributed by atoms with Gasteiger partial charge in [-0.1, -0.05) is 46.3 Å². The van der Waals surface area contributed by atoms with Crippen molar-refractivity contribution in [3.05, 3.63) is 91.6 Å². The van der Waals surface area contributed by atoms with E-state index in [0.717, 1.165) is 23.9 Å². The van der Waals surface area contributed by atoms with Crippen LogP contribution in [0.5, 0.6) is 0 Å². The highest BCUT2D eigenvalue weighted by Crippen LogP contribution is 2.40. The highest BCUT2D eigenvalue weighted by atomic mass is 79.9. The lowest BCUT2D eigenvalue weighted by Crippen LogP contribution is -2.51. The molecule has 1 saturated heterocycles. The number of carbonyl (C=O) groups excluding carboxylic acids is 2. The molecule has 0 radical (unpaired) electrons. The van der Waals surface area contributed by atoms with E-state index in [2.05, 4.69) is 70.4 Å². The maximum Gasteiger partial charge on any atom is 0.253 e. The molecule has 5 nitrogen and oxygen atoms in total. The van der Waals surface area contributed by atoms with Crippen LogP contribution in [-0.2, 0) is 11.2 Å². The molecule has 0 bridgehead atoms. The molecule has 5 rings (SSSR count). The van der Waals surface area contributed by atoms with Gasteiger partial charge in [0.05, 0.1) is 12.1 Å². The van der Waals surface area contributed by atoms with Crippen molar-refractivity contribution in [2.24, 2.45) is 0 Å². The third kappa shape index (κ3) is 5.01. The molecule has 2 aliphatic rings. The van der Waals surface area contributed by atoms with Crippen molar-refractivity contribution < 1.29 is 9.59 Å². The summed E-state index contributed by atoms with van der Waals surface area (Å²) >= 11 is 5.28. The first kappa shape index (κ1) is 25.2.